The fourth-order valence-corrected chi connectivity index (χ4v) is 4.33. The van der Waals surface area contributed by atoms with Crippen molar-refractivity contribution in [2.24, 2.45) is 0 Å². The number of benzene rings is 1. The molecule has 8 nitrogen and oxygen atoms in total. The van der Waals surface area contributed by atoms with Gasteiger partial charge in [-0.1, -0.05) is 12.1 Å². The third kappa shape index (κ3) is 4.32. The van der Waals surface area contributed by atoms with Crippen LogP contribution < -0.4 is 5.32 Å². The predicted octanol–water partition coefficient (Wildman–Crippen LogP) is 1.49. The van der Waals surface area contributed by atoms with E-state index in [2.05, 4.69) is 10.3 Å². The van der Waals surface area contributed by atoms with Gasteiger partial charge in [0.05, 0.1) is 10.5 Å². The molecule has 0 unspecified atom stereocenters. The van der Waals surface area contributed by atoms with E-state index in [1.54, 1.807) is 12.1 Å². The van der Waals surface area contributed by atoms with Crippen LogP contribution in [0.25, 0.3) is 0 Å². The summed E-state index contributed by atoms with van der Waals surface area (Å²) < 4.78 is 26.4. The first-order valence-corrected chi connectivity index (χ1v) is 9.88. The lowest BCUT2D eigenvalue weighted by Gasteiger charge is -2.15. The Hall–Kier alpha value is -2.78. The highest BCUT2D eigenvalue weighted by Gasteiger charge is 2.26. The van der Waals surface area contributed by atoms with E-state index in [1.165, 1.54) is 34.8 Å². The van der Waals surface area contributed by atoms with Gasteiger partial charge in [-0.15, -0.1) is 0 Å². The van der Waals surface area contributed by atoms with Crippen LogP contribution in [0.1, 0.15) is 39.3 Å². The highest BCUT2D eigenvalue weighted by atomic mass is 32.2. The maximum atomic E-state index is 12.5. The van der Waals surface area contributed by atoms with Gasteiger partial charge in [0, 0.05) is 25.8 Å². The molecule has 2 aromatic rings. The highest BCUT2D eigenvalue weighted by molar-refractivity contribution is 7.89. The van der Waals surface area contributed by atoms with Crippen molar-refractivity contribution in [3.05, 3.63) is 59.4 Å². The number of aromatic nitrogens is 1. The molecule has 0 spiro atoms. The highest BCUT2D eigenvalue weighted by Crippen LogP contribution is 2.21. The van der Waals surface area contributed by atoms with Crippen molar-refractivity contribution in [2.75, 3.05) is 13.1 Å². The second-order valence-electron chi connectivity index (χ2n) is 6.17. The number of nitrogens with zero attached hydrogens (tertiary/aromatic N) is 2. The number of carboxylic acid groups (broad SMARTS) is 1. The molecule has 3 rings (SSSR count). The Morgan fingerprint density at radius 2 is 1.78 bits per heavy atom. The minimum atomic E-state index is -3.46. The van der Waals surface area contributed by atoms with Gasteiger partial charge < -0.3 is 10.4 Å². The first kappa shape index (κ1) is 19.0. The van der Waals surface area contributed by atoms with Gasteiger partial charge in [-0.3, -0.25) is 9.78 Å². The van der Waals surface area contributed by atoms with Gasteiger partial charge in [0.25, 0.3) is 5.91 Å². The lowest BCUT2D eigenvalue weighted by Crippen LogP contribution is -2.28. The Labute approximate surface area is 156 Å². The van der Waals surface area contributed by atoms with Crippen molar-refractivity contribution < 1.29 is 23.1 Å². The third-order valence-corrected chi connectivity index (χ3v) is 6.23. The summed E-state index contributed by atoms with van der Waals surface area (Å²) in [6.07, 6.45) is 3.01. The van der Waals surface area contributed by atoms with Crippen LogP contribution in [0.2, 0.25) is 0 Å². The van der Waals surface area contributed by atoms with Crippen LogP contribution in [0, 0.1) is 0 Å². The molecule has 9 heteroatoms. The van der Waals surface area contributed by atoms with Crippen LogP contribution >= 0.6 is 0 Å². The average molecular weight is 389 g/mol. The molecule has 0 atom stereocenters. The van der Waals surface area contributed by atoms with Crippen LogP contribution in [0.5, 0.6) is 0 Å². The minimum absolute atomic E-state index is 0.00290. The smallest absolute Gasteiger partial charge is 0.335 e. The molecule has 1 fully saturated rings. The first-order chi connectivity index (χ1) is 12.9. The number of aromatic carboxylic acids is 1. The predicted molar refractivity (Wildman–Crippen MR) is 96.8 cm³/mol. The van der Waals surface area contributed by atoms with Crippen LogP contribution in [0.3, 0.4) is 0 Å². The largest absolute Gasteiger partial charge is 0.478 e. The minimum Gasteiger partial charge on any atom is -0.478 e. The van der Waals surface area contributed by atoms with Gasteiger partial charge >= 0.3 is 5.97 Å². The van der Waals surface area contributed by atoms with E-state index >= 15 is 0 Å². The summed E-state index contributed by atoms with van der Waals surface area (Å²) >= 11 is 0. The Kier molecular flexibility index (Phi) is 5.52. The molecule has 142 valence electrons. The number of nitrogens with one attached hydrogen (secondary N) is 1. The number of carbonyl (C=O) groups excluding carboxylic acids is 1. The van der Waals surface area contributed by atoms with Crippen molar-refractivity contribution in [3.63, 3.8) is 0 Å². The Balaban J connectivity index is 1.64. The van der Waals surface area contributed by atoms with Crippen molar-refractivity contribution in [3.8, 4) is 0 Å². The number of rotatable bonds is 6. The Morgan fingerprint density at radius 3 is 2.41 bits per heavy atom. The SMILES string of the molecule is O=C(O)c1ccnc(C(=O)NCc2ccc(S(=O)(=O)N3CCCC3)cc2)c1. The van der Waals surface area contributed by atoms with Gasteiger partial charge in [0.15, 0.2) is 0 Å². The zero-order chi connectivity index (χ0) is 19.4. The molecule has 1 aliphatic heterocycles. The van der Waals surface area contributed by atoms with Crippen LogP contribution in [0.15, 0.2) is 47.5 Å². The molecule has 1 aliphatic rings. The number of sulfonamides is 1. The summed E-state index contributed by atoms with van der Waals surface area (Å²) in [5.41, 5.74) is 0.702. The number of hydrogen-bond acceptors (Lipinski definition) is 5. The Bertz CT molecular complexity index is 951. The molecule has 1 amide bonds. The van der Waals surface area contributed by atoms with E-state index in [9.17, 15) is 18.0 Å². The molecular weight excluding hydrogens is 370 g/mol. The molecule has 2 N–H and O–H groups in total. The summed E-state index contributed by atoms with van der Waals surface area (Å²) in [5, 5.41) is 11.6. The maximum absolute atomic E-state index is 12.5. The lowest BCUT2D eigenvalue weighted by molar-refractivity contribution is 0.0696. The van der Waals surface area contributed by atoms with Gasteiger partial charge in [-0.05, 0) is 42.7 Å². The van der Waals surface area contributed by atoms with Crippen molar-refractivity contribution in [2.45, 2.75) is 24.3 Å². The van der Waals surface area contributed by atoms with E-state index in [1.807, 2.05) is 0 Å². The standard InChI is InChI=1S/C18H19N3O5S/c22-17(16-11-14(18(23)24)7-8-19-16)20-12-13-3-5-15(6-4-13)27(25,26)21-9-1-2-10-21/h3-8,11H,1-2,9-10,12H2,(H,20,22)(H,23,24). The van der Waals surface area contributed by atoms with Crippen molar-refractivity contribution in [1.82, 2.24) is 14.6 Å². The van der Waals surface area contributed by atoms with Gasteiger partial charge in [-0.2, -0.15) is 4.31 Å². The number of amides is 1. The second-order valence-corrected chi connectivity index (χ2v) is 8.11. The van der Waals surface area contributed by atoms with Crippen LogP contribution in [-0.4, -0.2) is 47.8 Å². The molecule has 1 aromatic carbocycles. The molecule has 27 heavy (non-hydrogen) atoms. The van der Waals surface area contributed by atoms with E-state index in [-0.39, 0.29) is 22.7 Å². The topological polar surface area (TPSA) is 117 Å². The quantitative estimate of drug-likeness (QED) is 0.773. The van der Waals surface area contributed by atoms with Gasteiger partial charge in [0.1, 0.15) is 5.69 Å². The summed E-state index contributed by atoms with van der Waals surface area (Å²) in [5.74, 6) is -1.65. The Morgan fingerprint density at radius 1 is 1.11 bits per heavy atom. The summed E-state index contributed by atoms with van der Waals surface area (Å²) in [6, 6.07) is 8.84. The van der Waals surface area contributed by atoms with Crippen LogP contribution in [0.4, 0.5) is 0 Å². The second kappa shape index (κ2) is 7.85. The number of pyridine rings is 1. The first-order valence-electron chi connectivity index (χ1n) is 8.44. The zero-order valence-corrected chi connectivity index (χ0v) is 15.3. The summed E-state index contributed by atoms with van der Waals surface area (Å²) in [7, 11) is -3.46. The molecule has 2 heterocycles. The number of carboxylic acids is 1. The molecule has 0 radical (unpaired) electrons. The molecule has 1 aromatic heterocycles. The number of hydrogen-bond donors (Lipinski definition) is 2. The molecule has 0 aliphatic carbocycles. The molecule has 0 saturated carbocycles. The van der Waals surface area contributed by atoms with E-state index in [0.717, 1.165) is 18.4 Å². The average Bonchev–Trinajstić information content (AvgIpc) is 3.22. The van der Waals surface area contributed by atoms with E-state index < -0.39 is 21.9 Å². The van der Waals surface area contributed by atoms with E-state index in [4.69, 9.17) is 5.11 Å². The van der Waals surface area contributed by atoms with E-state index in [0.29, 0.717) is 13.1 Å². The van der Waals surface area contributed by atoms with Crippen LogP contribution in [-0.2, 0) is 16.6 Å². The fourth-order valence-electron chi connectivity index (χ4n) is 2.82. The molecule has 1 saturated heterocycles. The summed E-state index contributed by atoms with van der Waals surface area (Å²) in [6.45, 7) is 1.26. The zero-order valence-electron chi connectivity index (χ0n) is 14.5. The third-order valence-electron chi connectivity index (χ3n) is 4.32. The lowest BCUT2D eigenvalue weighted by atomic mass is 10.2. The molecule has 0 bridgehead atoms. The monoisotopic (exact) mass is 389 g/mol. The molecular formula is C18H19N3O5S. The van der Waals surface area contributed by atoms with Crippen molar-refractivity contribution in [1.29, 1.82) is 0 Å². The normalized spacial score (nSPS) is 14.8. The number of carbonyl (C=O) groups is 2. The summed E-state index contributed by atoms with van der Waals surface area (Å²) in [4.78, 5) is 27.2. The fraction of sp³-hybridized carbons (Fsp3) is 0.278. The van der Waals surface area contributed by atoms with Gasteiger partial charge in [-0.25, -0.2) is 13.2 Å². The maximum Gasteiger partial charge on any atom is 0.335 e. The van der Waals surface area contributed by atoms with Gasteiger partial charge in [0.2, 0.25) is 10.0 Å². The van der Waals surface area contributed by atoms with Crippen molar-refractivity contribution >= 4 is 21.9 Å².